The standard InChI is InChI=1S/C26H27BrN2O3S/c1-18-6-14-25(15-7-18)33(31,32)29(24-12-10-23(27)11-13-24)17-26(30)28-19(2)21-9-8-20-4-3-5-22(20)16-21/h6-16,19H,3-5,17H2,1-2H3,(H,28,30)/t19-/m0/s1. The Labute approximate surface area is 204 Å². The van der Waals surface area contributed by atoms with Crippen molar-refractivity contribution in [2.75, 3.05) is 10.8 Å². The van der Waals surface area contributed by atoms with E-state index in [1.165, 1.54) is 17.5 Å². The number of nitrogens with one attached hydrogen (secondary N) is 1. The smallest absolute Gasteiger partial charge is 0.264 e. The van der Waals surface area contributed by atoms with Crippen molar-refractivity contribution in [3.8, 4) is 0 Å². The second-order valence-corrected chi connectivity index (χ2v) is 11.3. The van der Waals surface area contributed by atoms with Crippen molar-refractivity contribution < 1.29 is 13.2 Å². The molecule has 4 rings (SSSR count). The van der Waals surface area contributed by atoms with E-state index in [1.807, 2.05) is 19.9 Å². The predicted molar refractivity (Wildman–Crippen MR) is 135 cm³/mol. The number of fused-ring (bicyclic) bond motifs is 1. The Bertz CT molecular complexity index is 1260. The van der Waals surface area contributed by atoms with E-state index in [1.54, 1.807) is 48.5 Å². The summed E-state index contributed by atoms with van der Waals surface area (Å²) >= 11 is 3.38. The first-order valence-corrected chi connectivity index (χ1v) is 13.2. The zero-order chi connectivity index (χ0) is 23.6. The van der Waals surface area contributed by atoms with Crippen molar-refractivity contribution in [1.82, 2.24) is 5.32 Å². The minimum atomic E-state index is -3.93. The molecule has 0 fully saturated rings. The predicted octanol–water partition coefficient (Wildman–Crippen LogP) is 5.32. The van der Waals surface area contributed by atoms with Gasteiger partial charge in [-0.25, -0.2) is 8.42 Å². The first-order chi connectivity index (χ1) is 15.7. The van der Waals surface area contributed by atoms with Crippen molar-refractivity contribution in [3.63, 3.8) is 0 Å². The molecule has 7 heteroatoms. The van der Waals surface area contributed by atoms with Gasteiger partial charge in [0.25, 0.3) is 10.0 Å². The summed E-state index contributed by atoms with van der Waals surface area (Å²) in [7, 11) is -3.93. The fourth-order valence-electron chi connectivity index (χ4n) is 4.12. The lowest BCUT2D eigenvalue weighted by Gasteiger charge is -2.25. The van der Waals surface area contributed by atoms with Crippen LogP contribution in [0.5, 0.6) is 0 Å². The zero-order valence-electron chi connectivity index (χ0n) is 18.7. The van der Waals surface area contributed by atoms with Crippen LogP contribution in [0.25, 0.3) is 0 Å². The average molecular weight is 527 g/mol. The summed E-state index contributed by atoms with van der Waals surface area (Å²) in [5, 5.41) is 2.98. The molecule has 3 aromatic rings. The van der Waals surface area contributed by atoms with Crippen LogP contribution in [0.1, 0.15) is 41.6 Å². The number of halogens is 1. The third kappa shape index (κ3) is 5.31. The number of hydrogen-bond acceptors (Lipinski definition) is 3. The highest BCUT2D eigenvalue weighted by Gasteiger charge is 2.28. The number of aryl methyl sites for hydroxylation is 3. The molecular weight excluding hydrogens is 500 g/mol. The van der Waals surface area contributed by atoms with E-state index in [0.717, 1.165) is 32.7 Å². The van der Waals surface area contributed by atoms with Crippen LogP contribution in [0.3, 0.4) is 0 Å². The lowest BCUT2D eigenvalue weighted by molar-refractivity contribution is -0.120. The van der Waals surface area contributed by atoms with Crippen LogP contribution < -0.4 is 9.62 Å². The molecule has 1 aliphatic rings. The Morgan fingerprint density at radius 3 is 2.36 bits per heavy atom. The van der Waals surface area contributed by atoms with Crippen LogP contribution in [0.15, 0.2) is 76.1 Å². The Morgan fingerprint density at radius 2 is 1.67 bits per heavy atom. The summed E-state index contributed by atoms with van der Waals surface area (Å²) < 4.78 is 29.0. The molecule has 1 N–H and O–H groups in total. The normalized spacial score (nSPS) is 13.9. The monoisotopic (exact) mass is 526 g/mol. The number of carbonyl (C=O) groups excluding carboxylic acids is 1. The van der Waals surface area contributed by atoms with Crippen LogP contribution in [0, 0.1) is 6.92 Å². The fraction of sp³-hybridized carbons (Fsp3) is 0.269. The van der Waals surface area contributed by atoms with Gasteiger partial charge in [0.05, 0.1) is 16.6 Å². The average Bonchev–Trinajstić information content (AvgIpc) is 3.26. The molecule has 0 spiro atoms. The number of carbonyl (C=O) groups is 1. The molecule has 0 heterocycles. The molecule has 0 unspecified atom stereocenters. The lowest BCUT2D eigenvalue weighted by atomic mass is 10.0. The number of rotatable bonds is 7. The molecule has 0 saturated heterocycles. The Balaban J connectivity index is 1.57. The summed E-state index contributed by atoms with van der Waals surface area (Å²) in [6, 6.07) is 19.7. The van der Waals surface area contributed by atoms with Gasteiger partial charge in [-0.1, -0.05) is 51.8 Å². The van der Waals surface area contributed by atoms with Gasteiger partial charge in [0.1, 0.15) is 6.54 Å². The van der Waals surface area contributed by atoms with E-state index in [4.69, 9.17) is 0 Å². The van der Waals surface area contributed by atoms with Crippen molar-refractivity contribution >= 4 is 37.5 Å². The number of anilines is 1. The van der Waals surface area contributed by atoms with Crippen LogP contribution >= 0.6 is 15.9 Å². The maximum Gasteiger partial charge on any atom is 0.264 e. The van der Waals surface area contributed by atoms with E-state index in [9.17, 15) is 13.2 Å². The second kappa shape index (κ2) is 9.69. The van der Waals surface area contributed by atoms with Gasteiger partial charge in [-0.05, 0) is 86.2 Å². The molecule has 172 valence electrons. The summed E-state index contributed by atoms with van der Waals surface area (Å²) in [6.07, 6.45) is 3.34. The largest absolute Gasteiger partial charge is 0.348 e. The molecule has 3 aromatic carbocycles. The molecule has 0 bridgehead atoms. The van der Waals surface area contributed by atoms with Crippen molar-refractivity contribution in [2.24, 2.45) is 0 Å². The molecule has 0 radical (unpaired) electrons. The third-order valence-corrected chi connectivity index (χ3v) is 8.33. The number of hydrogen-bond donors (Lipinski definition) is 1. The van der Waals surface area contributed by atoms with Crippen molar-refractivity contribution in [1.29, 1.82) is 0 Å². The van der Waals surface area contributed by atoms with Gasteiger partial charge in [-0.3, -0.25) is 9.10 Å². The van der Waals surface area contributed by atoms with E-state index in [2.05, 4.69) is 33.4 Å². The van der Waals surface area contributed by atoms with Crippen LogP contribution in [0.4, 0.5) is 5.69 Å². The van der Waals surface area contributed by atoms with Crippen LogP contribution in [0.2, 0.25) is 0 Å². The van der Waals surface area contributed by atoms with E-state index in [-0.39, 0.29) is 23.4 Å². The minimum absolute atomic E-state index is 0.149. The van der Waals surface area contributed by atoms with Gasteiger partial charge in [0.15, 0.2) is 0 Å². The second-order valence-electron chi connectivity index (χ2n) is 8.47. The van der Waals surface area contributed by atoms with Gasteiger partial charge in [0, 0.05) is 4.47 Å². The fourth-order valence-corrected chi connectivity index (χ4v) is 5.81. The molecule has 1 aliphatic carbocycles. The maximum atomic E-state index is 13.5. The van der Waals surface area contributed by atoms with Gasteiger partial charge < -0.3 is 5.32 Å². The zero-order valence-corrected chi connectivity index (χ0v) is 21.1. The molecule has 1 amide bonds. The summed E-state index contributed by atoms with van der Waals surface area (Å²) in [6.45, 7) is 3.51. The number of sulfonamides is 1. The number of benzene rings is 3. The molecule has 5 nitrogen and oxygen atoms in total. The summed E-state index contributed by atoms with van der Waals surface area (Å²) in [4.78, 5) is 13.2. The molecule has 0 saturated carbocycles. The van der Waals surface area contributed by atoms with Gasteiger partial charge in [0.2, 0.25) is 5.91 Å². The van der Waals surface area contributed by atoms with Crippen molar-refractivity contribution in [2.45, 2.75) is 44.0 Å². The summed E-state index contributed by atoms with van der Waals surface area (Å²) in [5.74, 6) is -0.360. The number of nitrogens with zero attached hydrogens (tertiary/aromatic N) is 1. The molecular formula is C26H27BrN2O3S. The van der Waals surface area contributed by atoms with E-state index >= 15 is 0 Å². The van der Waals surface area contributed by atoms with Gasteiger partial charge in [-0.15, -0.1) is 0 Å². The maximum absolute atomic E-state index is 13.5. The summed E-state index contributed by atoms with van der Waals surface area (Å²) in [5.41, 5.74) is 5.14. The molecule has 1 atom stereocenters. The van der Waals surface area contributed by atoms with Crippen LogP contribution in [-0.2, 0) is 27.7 Å². The topological polar surface area (TPSA) is 66.5 Å². The minimum Gasteiger partial charge on any atom is -0.348 e. The van der Waals surface area contributed by atoms with Crippen LogP contribution in [-0.4, -0.2) is 20.9 Å². The van der Waals surface area contributed by atoms with E-state index < -0.39 is 10.0 Å². The third-order valence-electron chi connectivity index (χ3n) is 6.01. The molecule has 33 heavy (non-hydrogen) atoms. The quantitative estimate of drug-likeness (QED) is 0.453. The Kier molecular flexibility index (Phi) is 6.91. The highest BCUT2D eigenvalue weighted by atomic mass is 79.9. The van der Waals surface area contributed by atoms with E-state index in [0.29, 0.717) is 5.69 Å². The first-order valence-electron chi connectivity index (χ1n) is 11.0. The Morgan fingerprint density at radius 1 is 1.00 bits per heavy atom. The lowest BCUT2D eigenvalue weighted by Crippen LogP contribution is -2.41. The Hall–Kier alpha value is -2.64. The first kappa shape index (κ1) is 23.5. The van der Waals surface area contributed by atoms with Gasteiger partial charge in [-0.2, -0.15) is 0 Å². The highest BCUT2D eigenvalue weighted by Crippen LogP contribution is 2.27. The molecule has 0 aromatic heterocycles. The van der Waals surface area contributed by atoms with Crippen molar-refractivity contribution in [3.05, 3.63) is 93.5 Å². The van der Waals surface area contributed by atoms with Gasteiger partial charge >= 0.3 is 0 Å². The highest BCUT2D eigenvalue weighted by molar-refractivity contribution is 9.10. The molecule has 0 aliphatic heterocycles. The SMILES string of the molecule is Cc1ccc(S(=O)(=O)N(CC(=O)N[C@@H](C)c2ccc3c(c2)CCC3)c2ccc(Br)cc2)cc1. The number of amides is 1.